The number of hydrogen-bond acceptors (Lipinski definition) is 8. The van der Waals surface area contributed by atoms with E-state index in [-0.39, 0.29) is 37.4 Å². The van der Waals surface area contributed by atoms with Gasteiger partial charge in [-0.2, -0.15) is 0 Å². The van der Waals surface area contributed by atoms with Crippen LogP contribution in [0.4, 0.5) is 11.6 Å². The van der Waals surface area contributed by atoms with E-state index < -0.39 is 11.4 Å². The molecule has 174 valence electrons. The van der Waals surface area contributed by atoms with Crippen molar-refractivity contribution in [2.24, 2.45) is 11.5 Å². The standard InChI is InChI=1S/C21H29N7O3.CH4/c1-13-2-4-14(5-3-13)15(6-11-29)27-20(31)21(24)7-9-28(10-8-21)19-16(18(23)30)17(22)25-12-26-19;/h2-5,12,15,29H,6-11,24H2,1H3,(H2,23,30)(H,27,31)(H2,22,25,26);1H4/t15-;/m0./s1. The minimum Gasteiger partial charge on any atom is -0.396 e. The van der Waals surface area contributed by atoms with Gasteiger partial charge in [-0.25, -0.2) is 9.97 Å². The van der Waals surface area contributed by atoms with Gasteiger partial charge in [-0.05, 0) is 31.7 Å². The van der Waals surface area contributed by atoms with E-state index in [1.807, 2.05) is 36.1 Å². The fourth-order valence-corrected chi connectivity index (χ4v) is 3.76. The minimum atomic E-state index is -1.08. The normalized spacial score (nSPS) is 16.0. The van der Waals surface area contributed by atoms with Gasteiger partial charge in [0.2, 0.25) is 5.91 Å². The first-order chi connectivity index (χ1) is 14.7. The van der Waals surface area contributed by atoms with Crippen molar-refractivity contribution in [3.05, 3.63) is 47.3 Å². The zero-order valence-electron chi connectivity index (χ0n) is 17.5. The summed E-state index contributed by atoms with van der Waals surface area (Å²) < 4.78 is 0. The Morgan fingerprint density at radius 3 is 2.41 bits per heavy atom. The predicted octanol–water partition coefficient (Wildman–Crippen LogP) is 0.640. The Balaban J connectivity index is 0.00000363. The average Bonchev–Trinajstić information content (AvgIpc) is 2.74. The Labute approximate surface area is 188 Å². The second kappa shape index (κ2) is 10.4. The van der Waals surface area contributed by atoms with Crippen molar-refractivity contribution in [1.29, 1.82) is 0 Å². The number of aliphatic hydroxyl groups is 1. The van der Waals surface area contributed by atoms with Crippen LogP contribution in [0.2, 0.25) is 0 Å². The molecule has 1 atom stereocenters. The van der Waals surface area contributed by atoms with Crippen LogP contribution in [0.15, 0.2) is 30.6 Å². The molecule has 2 heterocycles. The number of primary amides is 1. The van der Waals surface area contributed by atoms with Crippen LogP contribution >= 0.6 is 0 Å². The van der Waals surface area contributed by atoms with Crippen LogP contribution in [-0.4, -0.2) is 52.1 Å². The highest BCUT2D eigenvalue weighted by molar-refractivity contribution is 6.02. The largest absolute Gasteiger partial charge is 0.396 e. The summed E-state index contributed by atoms with van der Waals surface area (Å²) in [5, 5.41) is 12.4. The van der Waals surface area contributed by atoms with Gasteiger partial charge in [-0.1, -0.05) is 37.3 Å². The number of anilines is 2. The first kappa shape index (κ1) is 25.0. The van der Waals surface area contributed by atoms with Gasteiger partial charge < -0.3 is 32.5 Å². The van der Waals surface area contributed by atoms with Gasteiger partial charge in [0.25, 0.3) is 5.91 Å². The summed E-state index contributed by atoms with van der Waals surface area (Å²) >= 11 is 0. The maximum atomic E-state index is 13.1. The number of hydrogen-bond donors (Lipinski definition) is 5. The Bertz CT molecular complexity index is 941. The molecule has 0 saturated carbocycles. The van der Waals surface area contributed by atoms with E-state index in [1.165, 1.54) is 6.33 Å². The summed E-state index contributed by atoms with van der Waals surface area (Å²) in [4.78, 5) is 34.7. The molecule has 0 radical (unpaired) electrons. The third-order valence-corrected chi connectivity index (χ3v) is 5.71. The first-order valence-corrected chi connectivity index (χ1v) is 10.2. The highest BCUT2D eigenvalue weighted by Gasteiger charge is 2.39. The maximum Gasteiger partial charge on any atom is 0.256 e. The summed E-state index contributed by atoms with van der Waals surface area (Å²) in [7, 11) is 0. The summed E-state index contributed by atoms with van der Waals surface area (Å²) in [6.45, 7) is 2.72. The van der Waals surface area contributed by atoms with E-state index in [0.717, 1.165) is 11.1 Å². The molecule has 2 amide bonds. The SMILES string of the molecule is C.Cc1ccc([C@H](CCO)NC(=O)C2(N)CCN(c3ncnc(N)c3C(N)=O)CC2)cc1. The highest BCUT2D eigenvalue weighted by atomic mass is 16.3. The van der Waals surface area contributed by atoms with E-state index in [0.29, 0.717) is 38.2 Å². The van der Waals surface area contributed by atoms with Crippen LogP contribution in [0.1, 0.15) is 54.2 Å². The molecule has 0 aliphatic carbocycles. The van der Waals surface area contributed by atoms with Crippen LogP contribution in [0, 0.1) is 6.92 Å². The molecule has 32 heavy (non-hydrogen) atoms. The lowest BCUT2D eigenvalue weighted by atomic mass is 9.86. The Hall–Kier alpha value is -3.24. The van der Waals surface area contributed by atoms with Gasteiger partial charge in [0.15, 0.2) is 0 Å². The number of carbonyl (C=O) groups excluding carboxylic acids is 2. The summed E-state index contributed by atoms with van der Waals surface area (Å²) in [6.07, 6.45) is 2.36. The lowest BCUT2D eigenvalue weighted by molar-refractivity contribution is -0.128. The molecule has 8 N–H and O–H groups in total. The van der Waals surface area contributed by atoms with Crippen molar-refractivity contribution in [3.8, 4) is 0 Å². The smallest absolute Gasteiger partial charge is 0.256 e. The number of piperidine rings is 1. The zero-order valence-corrected chi connectivity index (χ0v) is 17.5. The highest BCUT2D eigenvalue weighted by Crippen LogP contribution is 2.28. The van der Waals surface area contributed by atoms with Crippen molar-refractivity contribution in [3.63, 3.8) is 0 Å². The van der Waals surface area contributed by atoms with Crippen LogP contribution in [0.25, 0.3) is 0 Å². The van der Waals surface area contributed by atoms with Gasteiger partial charge >= 0.3 is 0 Å². The second-order valence-corrected chi connectivity index (χ2v) is 7.91. The summed E-state index contributed by atoms with van der Waals surface area (Å²) in [5.41, 5.74) is 18.7. The Morgan fingerprint density at radius 2 is 1.84 bits per heavy atom. The Kier molecular flexibility index (Phi) is 8.12. The molecule has 0 bridgehead atoms. The fraction of sp³-hybridized carbons (Fsp3) is 0.455. The summed E-state index contributed by atoms with van der Waals surface area (Å²) in [6, 6.07) is 7.47. The number of aromatic nitrogens is 2. The number of nitrogens with one attached hydrogen (secondary N) is 1. The monoisotopic (exact) mass is 443 g/mol. The van der Waals surface area contributed by atoms with Gasteiger partial charge in [0, 0.05) is 19.7 Å². The molecule has 1 aliphatic heterocycles. The van der Waals surface area contributed by atoms with Gasteiger partial charge in [-0.3, -0.25) is 9.59 Å². The van der Waals surface area contributed by atoms with E-state index >= 15 is 0 Å². The predicted molar refractivity (Wildman–Crippen MR) is 124 cm³/mol. The van der Waals surface area contributed by atoms with Crippen molar-refractivity contribution in [1.82, 2.24) is 15.3 Å². The van der Waals surface area contributed by atoms with Crippen molar-refractivity contribution in [2.75, 3.05) is 30.3 Å². The number of aryl methyl sites for hydroxylation is 1. The number of aliphatic hydroxyl groups excluding tert-OH is 1. The number of nitrogen functional groups attached to an aromatic ring is 1. The van der Waals surface area contributed by atoms with Crippen molar-refractivity contribution < 1.29 is 14.7 Å². The number of nitrogens with zero attached hydrogens (tertiary/aromatic N) is 3. The molecule has 10 heteroatoms. The van der Waals surface area contributed by atoms with Crippen LogP contribution in [0.5, 0.6) is 0 Å². The van der Waals surface area contributed by atoms with Crippen LogP contribution in [0.3, 0.4) is 0 Å². The van der Waals surface area contributed by atoms with Crippen molar-refractivity contribution in [2.45, 2.75) is 45.2 Å². The molecular weight excluding hydrogens is 410 g/mol. The first-order valence-electron chi connectivity index (χ1n) is 10.2. The third kappa shape index (κ3) is 5.32. The second-order valence-electron chi connectivity index (χ2n) is 7.91. The quantitative estimate of drug-likeness (QED) is 0.414. The third-order valence-electron chi connectivity index (χ3n) is 5.71. The molecule has 1 saturated heterocycles. The number of benzene rings is 1. The lowest BCUT2D eigenvalue weighted by Crippen LogP contribution is -2.60. The lowest BCUT2D eigenvalue weighted by Gasteiger charge is -2.39. The average molecular weight is 444 g/mol. The minimum absolute atomic E-state index is 0. The fourth-order valence-electron chi connectivity index (χ4n) is 3.76. The van der Waals surface area contributed by atoms with E-state index in [4.69, 9.17) is 17.2 Å². The van der Waals surface area contributed by atoms with Crippen LogP contribution in [-0.2, 0) is 4.79 Å². The molecule has 0 unspecified atom stereocenters. The number of rotatable bonds is 7. The van der Waals surface area contributed by atoms with Gasteiger partial charge in [0.05, 0.1) is 11.6 Å². The molecule has 1 aliphatic rings. The van der Waals surface area contributed by atoms with E-state index in [2.05, 4.69) is 15.3 Å². The molecule has 2 aromatic rings. The molecular formula is C22H33N7O3. The summed E-state index contributed by atoms with van der Waals surface area (Å²) in [5.74, 6) is -0.617. The van der Waals surface area contributed by atoms with E-state index in [1.54, 1.807) is 0 Å². The zero-order chi connectivity index (χ0) is 22.6. The molecule has 10 nitrogen and oxygen atoms in total. The van der Waals surface area contributed by atoms with E-state index in [9.17, 15) is 14.7 Å². The van der Waals surface area contributed by atoms with Crippen LogP contribution < -0.4 is 27.4 Å². The molecule has 0 spiro atoms. The Morgan fingerprint density at radius 1 is 1.22 bits per heavy atom. The number of amides is 2. The maximum absolute atomic E-state index is 13.1. The molecule has 1 fully saturated rings. The molecule has 1 aromatic carbocycles. The molecule has 3 rings (SSSR count). The van der Waals surface area contributed by atoms with Gasteiger partial charge in [0.1, 0.15) is 23.5 Å². The number of carbonyl (C=O) groups is 2. The topological polar surface area (TPSA) is 173 Å². The number of nitrogens with two attached hydrogens (primary N) is 3. The van der Waals surface area contributed by atoms with Gasteiger partial charge in [-0.15, -0.1) is 0 Å². The molecule has 1 aromatic heterocycles. The van der Waals surface area contributed by atoms with Crippen molar-refractivity contribution >= 4 is 23.5 Å².